The fourth-order valence-electron chi connectivity index (χ4n) is 1.59. The highest BCUT2D eigenvalue weighted by molar-refractivity contribution is 7.98. The number of rotatable bonds is 6. The Labute approximate surface area is 124 Å². The Morgan fingerprint density at radius 3 is 2.48 bits per heavy atom. The summed E-state index contributed by atoms with van der Waals surface area (Å²) in [4.78, 5) is 33.5. The van der Waals surface area contributed by atoms with Crippen molar-refractivity contribution in [2.45, 2.75) is 24.0 Å². The average molecular weight is 314 g/mol. The summed E-state index contributed by atoms with van der Waals surface area (Å²) in [5, 5.41) is 31.2. The molecule has 0 aliphatic rings. The van der Waals surface area contributed by atoms with Crippen LogP contribution >= 0.6 is 11.8 Å². The van der Waals surface area contributed by atoms with Crippen LogP contribution in [0.1, 0.15) is 17.3 Å². The highest BCUT2D eigenvalue weighted by Crippen LogP contribution is 2.28. The molecule has 0 aliphatic heterocycles. The van der Waals surface area contributed by atoms with E-state index in [1.807, 2.05) is 0 Å². The van der Waals surface area contributed by atoms with Crippen LogP contribution in [0.4, 0.5) is 5.69 Å². The molecule has 0 aromatic heterocycles. The van der Waals surface area contributed by atoms with Crippen molar-refractivity contribution in [1.29, 1.82) is 0 Å². The molecule has 9 heteroatoms. The van der Waals surface area contributed by atoms with Crippen molar-refractivity contribution < 1.29 is 24.7 Å². The number of carboxylic acid groups (broad SMARTS) is 1. The number of carbonyl (C=O) groups is 2. The van der Waals surface area contributed by atoms with Crippen molar-refractivity contribution in [2.75, 3.05) is 6.26 Å². The number of aliphatic hydroxyl groups excluding tert-OH is 1. The van der Waals surface area contributed by atoms with Crippen LogP contribution in [0.2, 0.25) is 0 Å². The van der Waals surface area contributed by atoms with E-state index < -0.39 is 28.9 Å². The number of nitrogens with one attached hydrogen (secondary N) is 1. The molecule has 0 heterocycles. The van der Waals surface area contributed by atoms with E-state index >= 15 is 0 Å². The number of amides is 1. The number of carbonyl (C=O) groups excluding carboxylic acids is 1. The quantitative estimate of drug-likeness (QED) is 0.403. The second-order valence-electron chi connectivity index (χ2n) is 4.17. The molecule has 0 fully saturated rings. The second-order valence-corrected chi connectivity index (χ2v) is 5.02. The number of nitrogens with zero attached hydrogens (tertiary/aromatic N) is 1. The predicted molar refractivity (Wildman–Crippen MR) is 75.4 cm³/mol. The summed E-state index contributed by atoms with van der Waals surface area (Å²) >= 11 is 1.16. The third-order valence-corrected chi connectivity index (χ3v) is 3.46. The van der Waals surface area contributed by atoms with Gasteiger partial charge in [-0.15, -0.1) is 11.8 Å². The van der Waals surface area contributed by atoms with Crippen molar-refractivity contribution >= 4 is 29.3 Å². The Bertz CT molecular complexity index is 575. The van der Waals surface area contributed by atoms with E-state index in [4.69, 9.17) is 5.11 Å². The van der Waals surface area contributed by atoms with E-state index in [1.54, 1.807) is 6.26 Å². The molecule has 0 saturated carbocycles. The number of hydrogen-bond acceptors (Lipinski definition) is 6. The number of nitro benzene ring substituents is 1. The Hall–Kier alpha value is -2.13. The first-order valence-corrected chi connectivity index (χ1v) is 7.04. The van der Waals surface area contributed by atoms with Gasteiger partial charge in [-0.3, -0.25) is 14.9 Å². The number of benzene rings is 1. The molecule has 1 aromatic rings. The van der Waals surface area contributed by atoms with Gasteiger partial charge < -0.3 is 15.5 Å². The lowest BCUT2D eigenvalue weighted by Crippen LogP contribution is -2.47. The van der Waals surface area contributed by atoms with Gasteiger partial charge in [0, 0.05) is 11.6 Å². The topological polar surface area (TPSA) is 130 Å². The smallest absolute Gasteiger partial charge is 0.328 e. The van der Waals surface area contributed by atoms with Crippen molar-refractivity contribution in [1.82, 2.24) is 5.32 Å². The Morgan fingerprint density at radius 2 is 2.05 bits per heavy atom. The lowest BCUT2D eigenvalue weighted by molar-refractivity contribution is -0.387. The van der Waals surface area contributed by atoms with Crippen molar-refractivity contribution in [3.8, 4) is 0 Å². The van der Waals surface area contributed by atoms with Crippen LogP contribution in [0.15, 0.2) is 23.1 Å². The largest absolute Gasteiger partial charge is 0.480 e. The van der Waals surface area contributed by atoms with E-state index in [0.717, 1.165) is 17.8 Å². The number of nitro groups is 1. The molecule has 1 rings (SSSR count). The van der Waals surface area contributed by atoms with E-state index in [-0.39, 0.29) is 11.3 Å². The number of aliphatic carboxylic acids is 1. The fourth-order valence-corrected chi connectivity index (χ4v) is 2.13. The summed E-state index contributed by atoms with van der Waals surface area (Å²) in [6, 6.07) is 2.35. The van der Waals surface area contributed by atoms with Crippen LogP contribution in [0.25, 0.3) is 0 Å². The van der Waals surface area contributed by atoms with Gasteiger partial charge in [0.2, 0.25) is 0 Å². The normalized spacial score (nSPS) is 13.3. The maximum atomic E-state index is 11.9. The van der Waals surface area contributed by atoms with Crippen molar-refractivity contribution in [2.24, 2.45) is 0 Å². The molecule has 8 nitrogen and oxygen atoms in total. The Kier molecular flexibility index (Phi) is 5.68. The molecule has 114 valence electrons. The standard InChI is InChI=1S/C12H14N2O6S/c1-6(15)10(12(17)18)13-11(16)7-3-4-9(21-2)8(5-7)14(19)20/h3-6,10,15H,1-2H3,(H,13,16)(H,17,18)/t6-,10+/m1/s1. The highest BCUT2D eigenvalue weighted by atomic mass is 32.2. The zero-order valence-electron chi connectivity index (χ0n) is 11.3. The van der Waals surface area contributed by atoms with Crippen LogP contribution < -0.4 is 5.32 Å². The summed E-state index contributed by atoms with van der Waals surface area (Å²) in [7, 11) is 0. The molecule has 0 bridgehead atoms. The van der Waals surface area contributed by atoms with E-state index in [2.05, 4.69) is 5.32 Å². The molecular weight excluding hydrogens is 300 g/mol. The zero-order valence-corrected chi connectivity index (χ0v) is 12.1. The van der Waals surface area contributed by atoms with E-state index in [1.165, 1.54) is 19.1 Å². The van der Waals surface area contributed by atoms with Gasteiger partial charge in [-0.25, -0.2) is 4.79 Å². The van der Waals surface area contributed by atoms with Crippen LogP contribution in [-0.2, 0) is 4.79 Å². The molecule has 0 unspecified atom stereocenters. The maximum absolute atomic E-state index is 11.9. The highest BCUT2D eigenvalue weighted by Gasteiger charge is 2.26. The first kappa shape index (κ1) is 16.9. The van der Waals surface area contributed by atoms with Crippen LogP contribution in [0, 0.1) is 10.1 Å². The third-order valence-electron chi connectivity index (χ3n) is 2.67. The van der Waals surface area contributed by atoms with Crippen LogP contribution in [-0.4, -0.2) is 45.4 Å². The predicted octanol–water partition coefficient (Wildman–Crippen LogP) is 0.880. The molecule has 1 amide bonds. The first-order valence-electron chi connectivity index (χ1n) is 5.82. The minimum atomic E-state index is -1.49. The lowest BCUT2D eigenvalue weighted by atomic mass is 10.1. The van der Waals surface area contributed by atoms with Gasteiger partial charge in [0.05, 0.1) is 15.9 Å². The van der Waals surface area contributed by atoms with Gasteiger partial charge in [-0.2, -0.15) is 0 Å². The average Bonchev–Trinajstić information content (AvgIpc) is 2.42. The molecule has 21 heavy (non-hydrogen) atoms. The van der Waals surface area contributed by atoms with E-state index in [0.29, 0.717) is 4.90 Å². The monoisotopic (exact) mass is 314 g/mol. The minimum absolute atomic E-state index is 0.0496. The summed E-state index contributed by atoms with van der Waals surface area (Å²) < 4.78 is 0. The fraction of sp³-hybridized carbons (Fsp3) is 0.333. The Balaban J connectivity index is 3.05. The number of aliphatic hydroxyl groups is 1. The summed E-state index contributed by atoms with van der Waals surface area (Å²) in [6.07, 6.45) is 0.364. The molecule has 1 aromatic carbocycles. The van der Waals surface area contributed by atoms with Gasteiger partial charge in [0.15, 0.2) is 6.04 Å². The molecule has 3 N–H and O–H groups in total. The minimum Gasteiger partial charge on any atom is -0.480 e. The SMILES string of the molecule is CSc1ccc(C(=O)N[C@H](C(=O)O)[C@@H](C)O)cc1[N+](=O)[O-]. The third kappa shape index (κ3) is 4.17. The van der Waals surface area contributed by atoms with Crippen molar-refractivity contribution in [3.63, 3.8) is 0 Å². The second kappa shape index (κ2) is 7.04. The first-order chi connectivity index (χ1) is 9.77. The number of carboxylic acids is 1. The van der Waals surface area contributed by atoms with Gasteiger partial charge >= 0.3 is 5.97 Å². The summed E-state index contributed by atoms with van der Waals surface area (Å²) in [6.45, 7) is 1.22. The van der Waals surface area contributed by atoms with Gasteiger partial charge in [-0.05, 0) is 25.3 Å². The van der Waals surface area contributed by atoms with Gasteiger partial charge in [0.1, 0.15) is 0 Å². The molecule has 0 aliphatic carbocycles. The molecule has 0 spiro atoms. The van der Waals surface area contributed by atoms with Crippen molar-refractivity contribution in [3.05, 3.63) is 33.9 Å². The van der Waals surface area contributed by atoms with Crippen LogP contribution in [0.3, 0.4) is 0 Å². The zero-order chi connectivity index (χ0) is 16.2. The van der Waals surface area contributed by atoms with Crippen LogP contribution in [0.5, 0.6) is 0 Å². The number of hydrogen-bond donors (Lipinski definition) is 3. The molecule has 0 saturated heterocycles. The molecule has 2 atom stereocenters. The lowest BCUT2D eigenvalue weighted by Gasteiger charge is -2.17. The Morgan fingerprint density at radius 1 is 1.43 bits per heavy atom. The summed E-state index contributed by atoms with van der Waals surface area (Å²) in [5.41, 5.74) is -0.287. The number of thioether (sulfide) groups is 1. The van der Waals surface area contributed by atoms with E-state index in [9.17, 15) is 24.8 Å². The maximum Gasteiger partial charge on any atom is 0.328 e. The van der Waals surface area contributed by atoms with Gasteiger partial charge in [0.25, 0.3) is 11.6 Å². The summed E-state index contributed by atoms with van der Waals surface area (Å²) in [5.74, 6) is -2.20. The molecule has 0 radical (unpaired) electrons. The van der Waals surface area contributed by atoms with Gasteiger partial charge in [-0.1, -0.05) is 0 Å². The molecular formula is C12H14N2O6S.